The van der Waals surface area contributed by atoms with Crippen LogP contribution in [0.4, 0.5) is 0 Å². The summed E-state index contributed by atoms with van der Waals surface area (Å²) in [5.74, 6) is -4.74. The number of hydrogen-bond donors (Lipinski definition) is 2. The van der Waals surface area contributed by atoms with E-state index in [0.29, 0.717) is 0 Å². The molecule has 0 aromatic rings. The lowest BCUT2D eigenvalue weighted by atomic mass is 9.74. The molecule has 2 atom stereocenters. The first-order valence-electron chi connectivity index (χ1n) is 17.6. The van der Waals surface area contributed by atoms with Crippen LogP contribution in [-0.4, -0.2) is 51.7 Å². The van der Waals surface area contributed by atoms with Crippen molar-refractivity contribution in [3.8, 4) is 0 Å². The summed E-state index contributed by atoms with van der Waals surface area (Å²) in [6.45, 7) is 28.8. The zero-order valence-corrected chi connectivity index (χ0v) is 32.9. The number of ketones is 1. The number of carbonyl (C=O) groups excluding carboxylic acids is 2. The fraction of sp³-hybridized carbons (Fsp3) is 0.800. The Hall–Kier alpha value is -2.48. The van der Waals surface area contributed by atoms with Gasteiger partial charge in [0.1, 0.15) is 11.2 Å². The van der Waals surface area contributed by atoms with Gasteiger partial charge in [0, 0.05) is 12.8 Å². The van der Waals surface area contributed by atoms with E-state index in [0.717, 1.165) is 25.7 Å². The number of carbonyl (C=O) groups is 4. The van der Waals surface area contributed by atoms with Crippen molar-refractivity contribution < 1.29 is 38.9 Å². The minimum absolute atomic E-state index is 0.0796. The predicted octanol–water partition coefficient (Wildman–Crippen LogP) is 9.84. The van der Waals surface area contributed by atoms with E-state index < -0.39 is 40.9 Å². The molecule has 278 valence electrons. The first kappa shape index (κ1) is 45.5. The van der Waals surface area contributed by atoms with Crippen molar-refractivity contribution in [2.45, 2.75) is 166 Å². The van der Waals surface area contributed by atoms with E-state index in [1.807, 2.05) is 24.3 Å². The first-order chi connectivity index (χ1) is 21.5. The largest absolute Gasteiger partial charge is 0.481 e. The van der Waals surface area contributed by atoms with Crippen molar-refractivity contribution in [1.29, 1.82) is 0 Å². The molecule has 0 rings (SSSR count). The van der Waals surface area contributed by atoms with E-state index >= 15 is 0 Å². The molecule has 0 saturated carbocycles. The summed E-state index contributed by atoms with van der Waals surface area (Å²) in [5.41, 5.74) is -1.63. The number of Topliss-reactive ketones (excluding diaryl/α,β-unsaturated/α-hetero) is 1. The molecule has 48 heavy (non-hydrogen) atoms. The molecule has 0 aliphatic carbocycles. The van der Waals surface area contributed by atoms with E-state index in [1.165, 1.54) is 0 Å². The monoisotopic (exact) mass is 679 g/mol. The molecule has 0 aliphatic rings. The molecular formula is C40H70O8. The second-order valence-corrected chi connectivity index (χ2v) is 18.9. The maximum Gasteiger partial charge on any atom is 0.307 e. The van der Waals surface area contributed by atoms with Gasteiger partial charge < -0.3 is 19.7 Å². The van der Waals surface area contributed by atoms with Crippen molar-refractivity contribution in [2.75, 3.05) is 6.61 Å². The minimum Gasteiger partial charge on any atom is -0.481 e. The fourth-order valence-electron chi connectivity index (χ4n) is 6.59. The number of hydrogen-bond acceptors (Lipinski definition) is 6. The summed E-state index contributed by atoms with van der Waals surface area (Å²) in [4.78, 5) is 49.7. The van der Waals surface area contributed by atoms with Gasteiger partial charge in [0.05, 0.1) is 24.9 Å². The molecule has 0 fully saturated rings. The molecule has 0 heterocycles. The fourth-order valence-corrected chi connectivity index (χ4v) is 6.59. The quantitative estimate of drug-likeness (QED) is 0.0856. The van der Waals surface area contributed by atoms with Gasteiger partial charge in [-0.15, -0.1) is 0 Å². The highest BCUT2D eigenvalue weighted by molar-refractivity contribution is 5.89. The predicted molar refractivity (Wildman–Crippen MR) is 194 cm³/mol. The lowest BCUT2D eigenvalue weighted by Gasteiger charge is -2.31. The Labute approximate surface area is 292 Å². The molecule has 0 aromatic heterocycles. The average molecular weight is 679 g/mol. The standard InChI is InChI=1S/C40H70O8/c1-35(2,3)27-37(7,8)21-17-15-19-29(33(43)44)25-31(41)40(13,14)47-24-23-39(11,12)48-32(42)26-30(34(45)46)20-16-18-22-38(9,10)28-36(4,5)6/h15-18,29-30H,19-28H2,1-14H3,(H,43,44)(H,45,46)/b17-15+,18-16+. The topological polar surface area (TPSA) is 127 Å². The molecule has 0 bridgehead atoms. The molecule has 0 spiro atoms. The molecule has 0 aromatic carbocycles. The number of carboxylic acid groups (broad SMARTS) is 2. The number of ether oxygens (including phenoxy) is 2. The highest BCUT2D eigenvalue weighted by Gasteiger charge is 2.34. The van der Waals surface area contributed by atoms with Gasteiger partial charge in [-0.25, -0.2) is 0 Å². The van der Waals surface area contributed by atoms with Gasteiger partial charge in [0.15, 0.2) is 5.78 Å². The van der Waals surface area contributed by atoms with Crippen LogP contribution in [0.3, 0.4) is 0 Å². The van der Waals surface area contributed by atoms with Crippen molar-refractivity contribution in [3.05, 3.63) is 24.3 Å². The Morgan fingerprint density at radius 2 is 1.00 bits per heavy atom. The van der Waals surface area contributed by atoms with E-state index in [9.17, 15) is 29.4 Å². The van der Waals surface area contributed by atoms with Gasteiger partial charge in [0.25, 0.3) is 0 Å². The first-order valence-corrected chi connectivity index (χ1v) is 17.6. The second-order valence-electron chi connectivity index (χ2n) is 18.9. The Morgan fingerprint density at radius 3 is 1.38 bits per heavy atom. The zero-order chi connectivity index (χ0) is 37.8. The van der Waals surface area contributed by atoms with Crippen LogP contribution >= 0.6 is 0 Å². The molecule has 0 radical (unpaired) electrons. The number of carboxylic acids is 2. The van der Waals surface area contributed by atoms with Crippen LogP contribution in [0.15, 0.2) is 24.3 Å². The molecule has 2 N–H and O–H groups in total. The van der Waals surface area contributed by atoms with Gasteiger partial charge in [-0.05, 0) is 87.9 Å². The number of esters is 1. The third-order valence-corrected chi connectivity index (χ3v) is 8.31. The molecule has 8 nitrogen and oxygen atoms in total. The highest BCUT2D eigenvalue weighted by atomic mass is 16.6. The van der Waals surface area contributed by atoms with Crippen LogP contribution in [0, 0.1) is 33.5 Å². The highest BCUT2D eigenvalue weighted by Crippen LogP contribution is 2.37. The molecule has 0 saturated heterocycles. The minimum atomic E-state index is -1.23. The van der Waals surface area contributed by atoms with Crippen molar-refractivity contribution in [3.63, 3.8) is 0 Å². The van der Waals surface area contributed by atoms with Crippen molar-refractivity contribution in [2.24, 2.45) is 33.5 Å². The normalized spacial score (nSPS) is 15.1. The summed E-state index contributed by atoms with van der Waals surface area (Å²) in [6.07, 6.45) is 11.8. The Bertz CT molecular complexity index is 1110. The van der Waals surface area contributed by atoms with E-state index in [-0.39, 0.29) is 66.2 Å². The lowest BCUT2D eigenvalue weighted by Crippen LogP contribution is -2.39. The number of aliphatic carboxylic acids is 2. The summed E-state index contributed by atoms with van der Waals surface area (Å²) in [7, 11) is 0. The van der Waals surface area contributed by atoms with Gasteiger partial charge in [0.2, 0.25) is 0 Å². The van der Waals surface area contributed by atoms with E-state index in [4.69, 9.17) is 9.47 Å². The second kappa shape index (κ2) is 18.5. The van der Waals surface area contributed by atoms with Crippen molar-refractivity contribution >= 4 is 23.7 Å². The van der Waals surface area contributed by atoms with E-state index in [1.54, 1.807) is 27.7 Å². The summed E-state index contributed by atoms with van der Waals surface area (Å²) < 4.78 is 11.5. The molecule has 8 heteroatoms. The number of rotatable bonds is 22. The molecule has 0 aliphatic heterocycles. The number of allylic oxidation sites excluding steroid dienone is 4. The third kappa shape index (κ3) is 21.5. The SMILES string of the molecule is CC(C)(C)CC(C)(C)C/C=C/CC(CC(=O)OC(C)(C)CCOC(C)(C)C(=O)CC(C/C=C/CC(C)(C)CC(C)(C)C)C(=O)O)C(=O)O. The summed E-state index contributed by atoms with van der Waals surface area (Å²) in [6, 6.07) is 0. The maximum atomic E-state index is 13.1. The van der Waals surface area contributed by atoms with Gasteiger partial charge >= 0.3 is 17.9 Å². The maximum absolute atomic E-state index is 13.1. The summed E-state index contributed by atoms with van der Waals surface area (Å²) >= 11 is 0. The Morgan fingerprint density at radius 1 is 0.604 bits per heavy atom. The van der Waals surface area contributed by atoms with Crippen LogP contribution in [-0.2, 0) is 28.7 Å². The van der Waals surface area contributed by atoms with Crippen molar-refractivity contribution in [1.82, 2.24) is 0 Å². The van der Waals surface area contributed by atoms with Gasteiger partial charge in [-0.3, -0.25) is 19.2 Å². The Balaban J connectivity index is 4.99. The van der Waals surface area contributed by atoms with Crippen LogP contribution < -0.4 is 0 Å². The lowest BCUT2D eigenvalue weighted by molar-refractivity contribution is -0.164. The van der Waals surface area contributed by atoms with E-state index in [2.05, 4.69) is 69.2 Å². The summed E-state index contributed by atoms with van der Waals surface area (Å²) in [5, 5.41) is 19.5. The average Bonchev–Trinajstić information content (AvgIpc) is 2.83. The molecule has 0 amide bonds. The zero-order valence-electron chi connectivity index (χ0n) is 32.9. The van der Waals surface area contributed by atoms with Crippen LogP contribution in [0.5, 0.6) is 0 Å². The van der Waals surface area contributed by atoms with Crippen LogP contribution in [0.25, 0.3) is 0 Å². The van der Waals surface area contributed by atoms with Crippen LogP contribution in [0.2, 0.25) is 0 Å². The third-order valence-electron chi connectivity index (χ3n) is 8.31. The molecular weight excluding hydrogens is 608 g/mol. The van der Waals surface area contributed by atoms with Gasteiger partial charge in [-0.2, -0.15) is 0 Å². The Kier molecular flexibility index (Phi) is 17.5. The smallest absolute Gasteiger partial charge is 0.307 e. The molecule has 2 unspecified atom stereocenters. The van der Waals surface area contributed by atoms with Gasteiger partial charge in [-0.1, -0.05) is 93.5 Å². The van der Waals surface area contributed by atoms with Crippen LogP contribution in [0.1, 0.15) is 155 Å².